The van der Waals surface area contributed by atoms with Crippen molar-refractivity contribution in [3.63, 3.8) is 0 Å². The summed E-state index contributed by atoms with van der Waals surface area (Å²) in [7, 11) is -2.64. The molecule has 0 aromatic rings. The summed E-state index contributed by atoms with van der Waals surface area (Å²) in [5, 5.41) is 0. The van der Waals surface area contributed by atoms with Crippen molar-refractivity contribution < 1.29 is 12.6 Å². The molecule has 0 atom stereocenters. The Morgan fingerprint density at radius 2 is 1.75 bits per heavy atom. The monoisotopic (exact) mass is 336 g/mol. The Balaban J connectivity index is 0. The molecule has 0 aliphatic rings. The van der Waals surface area contributed by atoms with E-state index in [1.807, 2.05) is 0 Å². The average Bonchev–Trinajstić information content (AvgIpc) is 1.27. The predicted molar refractivity (Wildman–Crippen MR) is 36.5 cm³/mol. The molecule has 0 spiro atoms. The van der Waals surface area contributed by atoms with Gasteiger partial charge in [-0.2, -0.15) is 0 Å². The van der Waals surface area contributed by atoms with Gasteiger partial charge in [0, 0.05) is 0 Å². The van der Waals surface area contributed by atoms with Crippen LogP contribution in [0.2, 0.25) is 0 Å². The third-order valence-corrected chi connectivity index (χ3v) is 0.891. The second kappa shape index (κ2) is 5.92. The summed E-state index contributed by atoms with van der Waals surface area (Å²) in [6.07, 6.45) is -0.221. The zero-order chi connectivity index (χ0) is 5.86. The molecule has 0 rings (SSSR count). The van der Waals surface area contributed by atoms with Crippen LogP contribution in [-0.2, 0) is 15.2 Å². The van der Waals surface area contributed by atoms with Gasteiger partial charge in [-0.15, -0.1) is 0 Å². The maximum atomic E-state index is 9.62. The number of thiol groups is 1. The molecule has 0 fully saturated rings. The first-order chi connectivity index (χ1) is 3.13. The van der Waals surface area contributed by atoms with Gasteiger partial charge >= 0.3 is 26.2 Å². The van der Waals surface area contributed by atoms with Crippen molar-refractivity contribution in [2.75, 3.05) is 0 Å². The van der Waals surface area contributed by atoms with Crippen LogP contribution in [0.4, 0.5) is 0 Å². The van der Waals surface area contributed by atoms with Gasteiger partial charge in [0.15, 0.2) is 0 Å². The molecule has 0 amide bonds. The van der Waals surface area contributed by atoms with E-state index in [0.29, 0.717) is 0 Å². The summed E-state index contributed by atoms with van der Waals surface area (Å²) in [4.78, 5) is 0. The van der Waals surface area contributed by atoms with E-state index in [2.05, 4.69) is 4.18 Å². The number of hydrogen-bond donors (Lipinski definition) is 1. The zero-order valence-electron chi connectivity index (χ0n) is 4.96. The van der Waals surface area contributed by atoms with Gasteiger partial charge in [-0.25, -0.2) is 8.42 Å². The third kappa shape index (κ3) is 9.92. The van der Waals surface area contributed by atoms with Gasteiger partial charge in [0.05, 0.1) is 6.10 Å². The van der Waals surface area contributed by atoms with Gasteiger partial charge in [0.2, 0.25) is 0 Å². The Kier molecular flexibility index (Phi) is 8.57. The van der Waals surface area contributed by atoms with E-state index in [9.17, 15) is 8.42 Å². The van der Waals surface area contributed by atoms with E-state index >= 15 is 0 Å². The molecular weight excluding hydrogens is 325 g/mol. The summed E-state index contributed by atoms with van der Waals surface area (Å²) in [5.41, 5.74) is 0. The molecule has 52 valence electrons. The Morgan fingerprint density at radius 1 is 1.38 bits per heavy atom. The molecule has 0 aliphatic heterocycles. The molecular formula is C3H11BiO3S. The van der Waals surface area contributed by atoms with Crippen molar-refractivity contribution in [2.24, 2.45) is 0 Å². The SMILES string of the molecule is CC(C)O[SH](=O)=O.[BiH3]. The van der Waals surface area contributed by atoms with E-state index in [0.717, 1.165) is 0 Å². The van der Waals surface area contributed by atoms with Crippen LogP contribution in [0.3, 0.4) is 0 Å². The summed E-state index contributed by atoms with van der Waals surface area (Å²) in [6, 6.07) is 0. The van der Waals surface area contributed by atoms with Crippen molar-refractivity contribution in [2.45, 2.75) is 20.0 Å². The van der Waals surface area contributed by atoms with E-state index in [-0.39, 0.29) is 32.3 Å². The first-order valence-electron chi connectivity index (χ1n) is 1.94. The van der Waals surface area contributed by atoms with Crippen molar-refractivity contribution in [1.82, 2.24) is 0 Å². The number of rotatable bonds is 2. The molecule has 0 saturated carbocycles. The Bertz CT molecular complexity index is 101. The molecule has 0 unspecified atom stereocenters. The minimum absolute atomic E-state index is 0. The predicted octanol–water partition coefficient (Wildman–Crippen LogP) is -1.25. The molecule has 0 saturated heterocycles. The molecule has 0 radical (unpaired) electrons. The quantitative estimate of drug-likeness (QED) is 0.507. The Morgan fingerprint density at radius 3 is 1.75 bits per heavy atom. The van der Waals surface area contributed by atoms with Crippen molar-refractivity contribution in [3.8, 4) is 0 Å². The van der Waals surface area contributed by atoms with E-state index in [4.69, 9.17) is 0 Å². The van der Waals surface area contributed by atoms with Gasteiger partial charge in [0.1, 0.15) is 0 Å². The standard InChI is InChI=1S/C3H8O3S.Bi.3H/c1-3(2)6-7(4)5;;;;/h3,7H,1-2H3;;;;. The van der Waals surface area contributed by atoms with Crippen LogP contribution in [0.15, 0.2) is 0 Å². The van der Waals surface area contributed by atoms with Crippen LogP contribution in [0.25, 0.3) is 0 Å². The minimum atomic E-state index is -2.64. The van der Waals surface area contributed by atoms with Crippen LogP contribution in [0, 0.1) is 0 Å². The molecule has 3 nitrogen and oxygen atoms in total. The zero-order valence-corrected chi connectivity index (χ0v) is 11.3. The fourth-order valence-corrected chi connectivity index (χ4v) is 0.516. The summed E-state index contributed by atoms with van der Waals surface area (Å²) < 4.78 is 23.5. The molecule has 0 bridgehead atoms. The third-order valence-electron chi connectivity index (χ3n) is 0.297. The van der Waals surface area contributed by atoms with Gasteiger partial charge in [0.25, 0.3) is 11.0 Å². The van der Waals surface area contributed by atoms with Crippen LogP contribution in [0.5, 0.6) is 0 Å². The fraction of sp³-hybridized carbons (Fsp3) is 1.00. The Hall–Kier alpha value is 0.793. The Labute approximate surface area is 69.7 Å². The van der Waals surface area contributed by atoms with Crippen LogP contribution in [0.1, 0.15) is 13.8 Å². The molecule has 0 heterocycles. The fourth-order valence-electron chi connectivity index (χ4n) is 0.172. The van der Waals surface area contributed by atoms with Gasteiger partial charge in [-0.1, -0.05) is 0 Å². The van der Waals surface area contributed by atoms with Gasteiger partial charge in [-0.3, -0.25) is 4.18 Å². The number of hydrogen-bond acceptors (Lipinski definition) is 3. The molecule has 5 heteroatoms. The molecule has 0 aliphatic carbocycles. The molecule has 0 aromatic carbocycles. The second-order valence-corrected chi connectivity index (χ2v) is 2.04. The summed E-state index contributed by atoms with van der Waals surface area (Å²) >= 11 is 0. The van der Waals surface area contributed by atoms with Crippen LogP contribution < -0.4 is 0 Å². The van der Waals surface area contributed by atoms with Gasteiger partial charge < -0.3 is 0 Å². The van der Waals surface area contributed by atoms with Gasteiger partial charge in [-0.05, 0) is 13.8 Å². The van der Waals surface area contributed by atoms with Crippen molar-refractivity contribution in [3.05, 3.63) is 0 Å². The second-order valence-electron chi connectivity index (χ2n) is 1.38. The molecule has 0 N–H and O–H groups in total. The topological polar surface area (TPSA) is 43.4 Å². The normalized spacial score (nSPS) is 9.50. The van der Waals surface area contributed by atoms with E-state index in [1.165, 1.54) is 0 Å². The van der Waals surface area contributed by atoms with Crippen molar-refractivity contribution in [1.29, 1.82) is 0 Å². The van der Waals surface area contributed by atoms with Crippen molar-refractivity contribution >= 4 is 37.2 Å². The molecule has 0 aromatic heterocycles. The summed E-state index contributed by atoms with van der Waals surface area (Å²) in [6.45, 7) is 3.32. The first kappa shape index (κ1) is 11.6. The van der Waals surface area contributed by atoms with E-state index < -0.39 is 11.0 Å². The summed E-state index contributed by atoms with van der Waals surface area (Å²) in [5.74, 6) is 0. The van der Waals surface area contributed by atoms with E-state index in [1.54, 1.807) is 13.8 Å². The van der Waals surface area contributed by atoms with Crippen LogP contribution in [-0.4, -0.2) is 40.7 Å². The first-order valence-corrected chi connectivity index (χ1v) is 3.03. The average molecular weight is 336 g/mol. The molecule has 8 heavy (non-hydrogen) atoms. The maximum absolute atomic E-state index is 9.62. The van der Waals surface area contributed by atoms with Crippen LogP contribution >= 0.6 is 0 Å².